The number of benzene rings is 2. The summed E-state index contributed by atoms with van der Waals surface area (Å²) in [5.74, 6) is 1.28. The summed E-state index contributed by atoms with van der Waals surface area (Å²) in [5.41, 5.74) is 2.01. The Kier molecular flexibility index (Phi) is 5.12. The van der Waals surface area contributed by atoms with E-state index in [2.05, 4.69) is 11.0 Å². The predicted molar refractivity (Wildman–Crippen MR) is 102 cm³/mol. The summed E-state index contributed by atoms with van der Waals surface area (Å²) in [7, 11) is 1.67. The molecule has 0 unspecified atom stereocenters. The number of likely N-dealkylation sites (tertiary alicyclic amines) is 2. The van der Waals surface area contributed by atoms with Gasteiger partial charge in [-0.3, -0.25) is 9.69 Å². The van der Waals surface area contributed by atoms with Gasteiger partial charge >= 0.3 is 0 Å². The zero-order valence-electron chi connectivity index (χ0n) is 15.6. The van der Waals surface area contributed by atoms with E-state index in [4.69, 9.17) is 4.74 Å². The fourth-order valence-corrected chi connectivity index (χ4v) is 4.31. The van der Waals surface area contributed by atoms with Crippen molar-refractivity contribution >= 4 is 5.91 Å². The quantitative estimate of drug-likeness (QED) is 0.810. The largest absolute Gasteiger partial charge is 0.497 e. The minimum absolute atomic E-state index is 0.0859. The highest BCUT2D eigenvalue weighted by molar-refractivity contribution is 5.83. The van der Waals surface area contributed by atoms with Crippen LogP contribution in [0.25, 0.3) is 0 Å². The van der Waals surface area contributed by atoms with Crippen LogP contribution in [0.1, 0.15) is 24.0 Å². The Bertz CT molecular complexity index is 825. The average molecular weight is 368 g/mol. The van der Waals surface area contributed by atoms with Crippen molar-refractivity contribution in [1.29, 1.82) is 0 Å². The molecule has 2 aromatic carbocycles. The average Bonchev–Trinajstić information content (AvgIpc) is 2.68. The summed E-state index contributed by atoms with van der Waals surface area (Å²) in [6.07, 6.45) is 2.01. The van der Waals surface area contributed by atoms with Gasteiger partial charge in [-0.1, -0.05) is 24.3 Å². The molecule has 2 aliphatic heterocycles. The normalized spacial score (nSPS) is 22.7. The monoisotopic (exact) mass is 368 g/mol. The topological polar surface area (TPSA) is 32.8 Å². The Labute approximate surface area is 159 Å². The molecule has 0 saturated carbocycles. The first-order valence-corrected chi connectivity index (χ1v) is 9.52. The molecule has 2 aromatic rings. The highest BCUT2D eigenvalue weighted by Gasteiger charge is 2.41. The van der Waals surface area contributed by atoms with Gasteiger partial charge in [0.1, 0.15) is 11.6 Å². The van der Waals surface area contributed by atoms with E-state index in [1.807, 2.05) is 29.2 Å². The first kappa shape index (κ1) is 18.0. The predicted octanol–water partition coefficient (Wildman–Crippen LogP) is 3.46. The lowest BCUT2D eigenvalue weighted by atomic mass is 9.85. The van der Waals surface area contributed by atoms with Crippen LogP contribution in [0.4, 0.5) is 4.39 Å². The number of piperidine rings is 2. The van der Waals surface area contributed by atoms with Gasteiger partial charge in [-0.25, -0.2) is 4.39 Å². The van der Waals surface area contributed by atoms with Crippen LogP contribution in [0, 0.1) is 11.7 Å². The van der Waals surface area contributed by atoms with Crippen molar-refractivity contribution in [3.05, 3.63) is 65.5 Å². The maximum atomic E-state index is 13.5. The van der Waals surface area contributed by atoms with Gasteiger partial charge in [0.15, 0.2) is 0 Å². The molecule has 142 valence electrons. The third kappa shape index (κ3) is 3.98. The second kappa shape index (κ2) is 7.69. The first-order chi connectivity index (χ1) is 13.1. The Hall–Kier alpha value is -2.40. The lowest BCUT2D eigenvalue weighted by Crippen LogP contribution is -2.58. The molecule has 4 rings (SSSR count). The summed E-state index contributed by atoms with van der Waals surface area (Å²) >= 11 is 0. The third-order valence-electron chi connectivity index (χ3n) is 5.68. The second-order valence-electron chi connectivity index (χ2n) is 7.58. The first-order valence-electron chi connectivity index (χ1n) is 9.52. The van der Waals surface area contributed by atoms with E-state index in [1.54, 1.807) is 13.2 Å². The molecule has 0 N–H and O–H groups in total. The van der Waals surface area contributed by atoms with Crippen molar-refractivity contribution < 1.29 is 13.9 Å². The smallest absolute Gasteiger partial charge is 0.240 e. The molecule has 2 aliphatic rings. The molecule has 27 heavy (non-hydrogen) atoms. The van der Waals surface area contributed by atoms with Crippen molar-refractivity contribution in [2.45, 2.75) is 32.0 Å². The SMILES string of the molecule is COc1cccc(CN2CC[C@H]3C[C@@H]2C(=O)N(Cc2cccc(F)c2)C3)c1. The van der Waals surface area contributed by atoms with Gasteiger partial charge in [-0.2, -0.15) is 0 Å². The molecule has 0 aliphatic carbocycles. The summed E-state index contributed by atoms with van der Waals surface area (Å²) < 4.78 is 18.8. The van der Waals surface area contributed by atoms with E-state index in [0.29, 0.717) is 12.5 Å². The summed E-state index contributed by atoms with van der Waals surface area (Å²) in [6, 6.07) is 14.5. The lowest BCUT2D eigenvalue weighted by Gasteiger charge is -2.46. The number of hydrogen-bond acceptors (Lipinski definition) is 3. The van der Waals surface area contributed by atoms with Crippen LogP contribution in [-0.2, 0) is 17.9 Å². The number of halogens is 1. The van der Waals surface area contributed by atoms with Gasteiger partial charge in [0.2, 0.25) is 5.91 Å². The van der Waals surface area contributed by atoms with Gasteiger partial charge < -0.3 is 9.64 Å². The van der Waals surface area contributed by atoms with E-state index in [0.717, 1.165) is 49.4 Å². The van der Waals surface area contributed by atoms with Crippen LogP contribution in [0.15, 0.2) is 48.5 Å². The van der Waals surface area contributed by atoms with Gasteiger partial charge in [-0.05, 0) is 60.7 Å². The minimum Gasteiger partial charge on any atom is -0.497 e. The van der Waals surface area contributed by atoms with Gasteiger partial charge in [-0.15, -0.1) is 0 Å². The Balaban J connectivity index is 1.48. The standard InChI is InChI=1S/C22H25FN2O2/c1-27-20-7-3-5-17(11-20)13-24-9-8-18-12-21(24)22(26)25(15-18)14-16-4-2-6-19(23)10-16/h2-7,10-11,18,21H,8-9,12-15H2,1H3/t18-,21+/m0/s1. The zero-order valence-corrected chi connectivity index (χ0v) is 15.6. The van der Waals surface area contributed by atoms with E-state index in [9.17, 15) is 9.18 Å². The van der Waals surface area contributed by atoms with Crippen molar-refractivity contribution in [1.82, 2.24) is 9.80 Å². The van der Waals surface area contributed by atoms with Crippen molar-refractivity contribution in [3.63, 3.8) is 0 Å². The van der Waals surface area contributed by atoms with E-state index < -0.39 is 0 Å². The van der Waals surface area contributed by atoms with Gasteiger partial charge in [0.05, 0.1) is 13.2 Å². The molecular formula is C22H25FN2O2. The van der Waals surface area contributed by atoms with Crippen LogP contribution in [0.3, 0.4) is 0 Å². The second-order valence-corrected chi connectivity index (χ2v) is 7.58. The third-order valence-corrected chi connectivity index (χ3v) is 5.68. The van der Waals surface area contributed by atoms with Crippen LogP contribution >= 0.6 is 0 Å². The van der Waals surface area contributed by atoms with Crippen molar-refractivity contribution in [2.24, 2.45) is 5.92 Å². The molecule has 2 heterocycles. The number of carbonyl (C=O) groups is 1. The maximum Gasteiger partial charge on any atom is 0.240 e. The number of rotatable bonds is 5. The highest BCUT2D eigenvalue weighted by Crippen LogP contribution is 2.32. The van der Waals surface area contributed by atoms with Gasteiger partial charge in [0, 0.05) is 19.6 Å². The highest BCUT2D eigenvalue weighted by atomic mass is 19.1. The Morgan fingerprint density at radius 1 is 1.11 bits per heavy atom. The van der Waals surface area contributed by atoms with Crippen molar-refractivity contribution in [2.75, 3.05) is 20.2 Å². The molecule has 0 aromatic heterocycles. The Morgan fingerprint density at radius 3 is 2.67 bits per heavy atom. The molecule has 0 radical (unpaired) electrons. The number of amides is 1. The van der Waals surface area contributed by atoms with Crippen LogP contribution in [0.2, 0.25) is 0 Å². The van der Waals surface area contributed by atoms with E-state index in [-0.39, 0.29) is 17.8 Å². The minimum atomic E-state index is -0.253. The molecule has 4 nitrogen and oxygen atoms in total. The lowest BCUT2D eigenvalue weighted by molar-refractivity contribution is -0.146. The van der Waals surface area contributed by atoms with E-state index >= 15 is 0 Å². The number of ether oxygens (including phenoxy) is 1. The number of carbonyl (C=O) groups excluding carboxylic acids is 1. The zero-order chi connectivity index (χ0) is 18.8. The molecule has 2 saturated heterocycles. The molecule has 2 fully saturated rings. The fraction of sp³-hybridized carbons (Fsp3) is 0.409. The number of fused-ring (bicyclic) bond motifs is 2. The van der Waals surface area contributed by atoms with Crippen LogP contribution in [0.5, 0.6) is 5.75 Å². The van der Waals surface area contributed by atoms with Crippen LogP contribution < -0.4 is 4.74 Å². The number of methoxy groups -OCH3 is 1. The summed E-state index contributed by atoms with van der Waals surface area (Å²) in [4.78, 5) is 17.3. The van der Waals surface area contributed by atoms with Gasteiger partial charge in [0.25, 0.3) is 0 Å². The maximum absolute atomic E-state index is 13.5. The summed E-state index contributed by atoms with van der Waals surface area (Å²) in [6.45, 7) is 2.94. The number of hydrogen-bond donors (Lipinski definition) is 0. The van der Waals surface area contributed by atoms with Crippen molar-refractivity contribution in [3.8, 4) is 5.75 Å². The molecular weight excluding hydrogens is 343 g/mol. The van der Waals surface area contributed by atoms with E-state index in [1.165, 1.54) is 12.1 Å². The Morgan fingerprint density at radius 2 is 1.89 bits per heavy atom. The molecule has 2 atom stereocenters. The molecule has 0 spiro atoms. The molecule has 1 amide bonds. The fourth-order valence-electron chi connectivity index (χ4n) is 4.31. The summed E-state index contributed by atoms with van der Waals surface area (Å²) in [5, 5.41) is 0. The molecule has 2 bridgehead atoms. The molecule has 5 heteroatoms. The van der Waals surface area contributed by atoms with Crippen LogP contribution in [-0.4, -0.2) is 41.9 Å². The number of nitrogens with zero attached hydrogens (tertiary/aromatic N) is 2.